The van der Waals surface area contributed by atoms with Crippen LogP contribution in [0.4, 0.5) is 5.82 Å². The van der Waals surface area contributed by atoms with Crippen LogP contribution in [0.5, 0.6) is 0 Å². The van der Waals surface area contributed by atoms with E-state index in [2.05, 4.69) is 10.3 Å². The monoisotopic (exact) mass is 207 g/mol. The van der Waals surface area contributed by atoms with Crippen LogP contribution in [0.15, 0.2) is 18.3 Å². The lowest BCUT2D eigenvalue weighted by Gasteiger charge is -2.10. The van der Waals surface area contributed by atoms with Gasteiger partial charge in [-0.1, -0.05) is 0 Å². The molecular formula is C10H13N3O2. The van der Waals surface area contributed by atoms with E-state index >= 15 is 0 Å². The van der Waals surface area contributed by atoms with Crippen LogP contribution in [-0.4, -0.2) is 30.1 Å². The number of hydrogen-bond donors (Lipinski definition) is 2. The lowest BCUT2D eigenvalue weighted by atomic mass is 10.2. The summed E-state index contributed by atoms with van der Waals surface area (Å²) in [5.74, 6) is 0.286. The normalized spacial score (nSPS) is 20.1. The first-order valence-corrected chi connectivity index (χ1v) is 4.86. The Morgan fingerprint density at radius 3 is 3.07 bits per heavy atom. The number of pyridine rings is 1. The van der Waals surface area contributed by atoms with E-state index in [-0.39, 0.29) is 11.9 Å². The second-order valence-corrected chi connectivity index (χ2v) is 3.51. The van der Waals surface area contributed by atoms with Crippen molar-refractivity contribution in [3.63, 3.8) is 0 Å². The van der Waals surface area contributed by atoms with E-state index in [1.807, 2.05) is 0 Å². The first-order chi connectivity index (χ1) is 7.25. The van der Waals surface area contributed by atoms with Crippen molar-refractivity contribution in [2.24, 2.45) is 0 Å². The van der Waals surface area contributed by atoms with Gasteiger partial charge in [0.1, 0.15) is 5.82 Å². The van der Waals surface area contributed by atoms with Crippen LogP contribution >= 0.6 is 0 Å². The number of nitrogen functional groups attached to an aromatic ring is 1. The molecule has 0 spiro atoms. The Labute approximate surface area is 87.6 Å². The van der Waals surface area contributed by atoms with Gasteiger partial charge in [0.25, 0.3) is 5.91 Å². The molecule has 1 fully saturated rings. The molecule has 1 unspecified atom stereocenters. The Kier molecular flexibility index (Phi) is 2.82. The molecule has 0 aliphatic carbocycles. The van der Waals surface area contributed by atoms with Crippen LogP contribution in [0.1, 0.15) is 16.8 Å². The molecule has 1 aliphatic heterocycles. The van der Waals surface area contributed by atoms with Crippen molar-refractivity contribution >= 4 is 11.7 Å². The fourth-order valence-corrected chi connectivity index (χ4v) is 1.46. The Bertz CT molecular complexity index is 344. The van der Waals surface area contributed by atoms with Crippen molar-refractivity contribution in [1.29, 1.82) is 0 Å². The van der Waals surface area contributed by atoms with Crippen LogP contribution in [0.3, 0.4) is 0 Å². The van der Waals surface area contributed by atoms with Crippen molar-refractivity contribution in [1.82, 2.24) is 10.3 Å². The molecule has 5 heteroatoms. The molecule has 80 valence electrons. The number of nitrogens with zero attached hydrogens (tertiary/aromatic N) is 1. The second-order valence-electron chi connectivity index (χ2n) is 3.51. The van der Waals surface area contributed by atoms with Gasteiger partial charge in [0, 0.05) is 12.8 Å². The van der Waals surface area contributed by atoms with Crippen molar-refractivity contribution < 1.29 is 9.53 Å². The zero-order valence-electron chi connectivity index (χ0n) is 8.27. The van der Waals surface area contributed by atoms with Gasteiger partial charge in [-0.2, -0.15) is 0 Å². The van der Waals surface area contributed by atoms with Crippen molar-refractivity contribution in [3.8, 4) is 0 Å². The average molecular weight is 207 g/mol. The highest BCUT2D eigenvalue weighted by Crippen LogP contribution is 2.06. The fraction of sp³-hybridized carbons (Fsp3) is 0.400. The van der Waals surface area contributed by atoms with Gasteiger partial charge in [-0.15, -0.1) is 0 Å². The van der Waals surface area contributed by atoms with Gasteiger partial charge in [0.05, 0.1) is 18.2 Å². The number of hydrogen-bond acceptors (Lipinski definition) is 4. The van der Waals surface area contributed by atoms with Gasteiger partial charge in [-0.05, 0) is 18.6 Å². The number of nitrogens with two attached hydrogens (primary N) is 1. The maximum atomic E-state index is 11.7. The predicted octanol–water partition coefficient (Wildman–Crippen LogP) is 0.182. The SMILES string of the molecule is Nc1ccc(C(=O)NC2CCOC2)cn1. The molecule has 0 bridgehead atoms. The fourth-order valence-electron chi connectivity index (χ4n) is 1.46. The molecule has 2 heterocycles. The summed E-state index contributed by atoms with van der Waals surface area (Å²) in [5, 5.41) is 2.87. The van der Waals surface area contributed by atoms with E-state index < -0.39 is 0 Å². The first-order valence-electron chi connectivity index (χ1n) is 4.86. The summed E-state index contributed by atoms with van der Waals surface area (Å²) in [6.45, 7) is 1.30. The molecule has 1 aliphatic rings. The minimum atomic E-state index is -0.127. The van der Waals surface area contributed by atoms with E-state index in [9.17, 15) is 4.79 Å². The number of carbonyl (C=O) groups excluding carboxylic acids is 1. The molecule has 1 amide bonds. The molecule has 1 aromatic heterocycles. The molecule has 0 saturated carbocycles. The standard InChI is InChI=1S/C10H13N3O2/c11-9-2-1-7(5-12-9)10(14)13-8-3-4-15-6-8/h1-2,5,8H,3-4,6H2,(H2,11,12)(H,13,14). The number of carbonyl (C=O) groups is 1. The topological polar surface area (TPSA) is 77.2 Å². The Morgan fingerprint density at radius 2 is 2.47 bits per heavy atom. The van der Waals surface area contributed by atoms with Gasteiger partial charge in [0.2, 0.25) is 0 Å². The lowest BCUT2D eigenvalue weighted by Crippen LogP contribution is -2.35. The number of ether oxygens (including phenoxy) is 1. The van der Waals surface area contributed by atoms with Crippen molar-refractivity contribution in [2.45, 2.75) is 12.5 Å². The Morgan fingerprint density at radius 1 is 1.60 bits per heavy atom. The van der Waals surface area contributed by atoms with Gasteiger partial charge in [0.15, 0.2) is 0 Å². The van der Waals surface area contributed by atoms with E-state index in [0.29, 0.717) is 24.6 Å². The molecule has 1 saturated heterocycles. The number of rotatable bonds is 2. The smallest absolute Gasteiger partial charge is 0.253 e. The largest absolute Gasteiger partial charge is 0.384 e. The quantitative estimate of drug-likeness (QED) is 0.725. The van der Waals surface area contributed by atoms with Gasteiger partial charge >= 0.3 is 0 Å². The Balaban J connectivity index is 1.98. The van der Waals surface area contributed by atoms with Crippen LogP contribution < -0.4 is 11.1 Å². The summed E-state index contributed by atoms with van der Waals surface area (Å²) in [6, 6.07) is 3.39. The highest BCUT2D eigenvalue weighted by atomic mass is 16.5. The van der Waals surface area contributed by atoms with Gasteiger partial charge in [-0.25, -0.2) is 4.98 Å². The van der Waals surface area contributed by atoms with Crippen LogP contribution in [0.2, 0.25) is 0 Å². The van der Waals surface area contributed by atoms with Crippen LogP contribution in [-0.2, 0) is 4.74 Å². The molecule has 5 nitrogen and oxygen atoms in total. The van der Waals surface area contributed by atoms with Crippen molar-refractivity contribution in [3.05, 3.63) is 23.9 Å². The summed E-state index contributed by atoms with van der Waals surface area (Å²) < 4.78 is 5.16. The van der Waals surface area contributed by atoms with Crippen molar-refractivity contribution in [2.75, 3.05) is 18.9 Å². The summed E-state index contributed by atoms with van der Waals surface area (Å²) in [5.41, 5.74) is 5.95. The first kappa shape index (κ1) is 9.92. The molecule has 15 heavy (non-hydrogen) atoms. The van der Waals surface area contributed by atoms with Gasteiger partial charge in [-0.3, -0.25) is 4.79 Å². The zero-order chi connectivity index (χ0) is 10.7. The lowest BCUT2D eigenvalue weighted by molar-refractivity contribution is 0.0929. The highest BCUT2D eigenvalue weighted by Gasteiger charge is 2.18. The summed E-state index contributed by atoms with van der Waals surface area (Å²) >= 11 is 0. The summed E-state index contributed by atoms with van der Waals surface area (Å²) in [4.78, 5) is 15.5. The molecule has 3 N–H and O–H groups in total. The highest BCUT2D eigenvalue weighted by molar-refractivity contribution is 5.94. The van der Waals surface area contributed by atoms with Crippen LogP contribution in [0, 0.1) is 0 Å². The zero-order valence-corrected chi connectivity index (χ0v) is 8.27. The third-order valence-electron chi connectivity index (χ3n) is 2.31. The maximum Gasteiger partial charge on any atom is 0.253 e. The summed E-state index contributed by atoms with van der Waals surface area (Å²) in [6.07, 6.45) is 2.34. The van der Waals surface area contributed by atoms with E-state index in [1.165, 1.54) is 6.20 Å². The van der Waals surface area contributed by atoms with E-state index in [1.54, 1.807) is 12.1 Å². The maximum absolute atomic E-state index is 11.7. The van der Waals surface area contributed by atoms with Gasteiger partial charge < -0.3 is 15.8 Å². The Hall–Kier alpha value is -1.62. The minimum Gasteiger partial charge on any atom is -0.384 e. The number of anilines is 1. The third kappa shape index (κ3) is 2.44. The molecular weight excluding hydrogens is 194 g/mol. The number of nitrogens with one attached hydrogen (secondary N) is 1. The predicted molar refractivity (Wildman–Crippen MR) is 55.3 cm³/mol. The number of aromatic nitrogens is 1. The molecule has 1 atom stereocenters. The number of amides is 1. The molecule has 2 rings (SSSR count). The summed E-state index contributed by atoms with van der Waals surface area (Å²) in [7, 11) is 0. The third-order valence-corrected chi connectivity index (χ3v) is 2.31. The van der Waals surface area contributed by atoms with E-state index in [4.69, 9.17) is 10.5 Å². The molecule has 0 radical (unpaired) electrons. The molecule has 0 aromatic carbocycles. The van der Waals surface area contributed by atoms with Crippen LogP contribution in [0.25, 0.3) is 0 Å². The second kappa shape index (κ2) is 4.27. The minimum absolute atomic E-state index is 0.120. The molecule has 1 aromatic rings. The van der Waals surface area contributed by atoms with E-state index in [0.717, 1.165) is 6.42 Å². The average Bonchev–Trinajstić information content (AvgIpc) is 2.71.